The molecule has 11 heteroatoms. The molecule has 0 aliphatic carbocycles. The lowest BCUT2D eigenvalue weighted by molar-refractivity contribution is -0.385. The number of likely N-dealkylation sites (tertiary alicyclic amines) is 1. The largest absolute Gasteiger partial charge is 0.493 e. The Balaban J connectivity index is 2.18. The second kappa shape index (κ2) is 9.99. The summed E-state index contributed by atoms with van der Waals surface area (Å²) in [6, 6.07) is 1.59. The van der Waals surface area contributed by atoms with E-state index in [2.05, 4.69) is 4.74 Å². The first-order chi connectivity index (χ1) is 13.8. The minimum Gasteiger partial charge on any atom is -0.493 e. The van der Waals surface area contributed by atoms with Crippen LogP contribution in [0.3, 0.4) is 0 Å². The average Bonchev–Trinajstić information content (AvgIpc) is 2.70. The Bertz CT molecular complexity index is 773. The van der Waals surface area contributed by atoms with Gasteiger partial charge < -0.3 is 19.1 Å². The molecular formula is C18H22F2N2O7. The number of ether oxygens (including phenoxy) is 3. The van der Waals surface area contributed by atoms with Crippen LogP contribution in [-0.2, 0) is 9.53 Å². The number of alkyl halides is 2. The van der Waals surface area contributed by atoms with E-state index in [-0.39, 0.29) is 11.8 Å². The van der Waals surface area contributed by atoms with E-state index in [1.165, 1.54) is 0 Å². The first kappa shape index (κ1) is 22.3. The quantitative estimate of drug-likeness (QED) is 0.364. The van der Waals surface area contributed by atoms with Gasteiger partial charge in [0.2, 0.25) is 0 Å². The van der Waals surface area contributed by atoms with E-state index in [4.69, 9.17) is 9.47 Å². The normalized spacial score (nSPS) is 16.4. The third kappa shape index (κ3) is 5.52. The number of nitrogens with zero attached hydrogens (tertiary/aromatic N) is 2. The van der Waals surface area contributed by atoms with Crippen LogP contribution in [0.15, 0.2) is 12.1 Å². The zero-order valence-electron chi connectivity index (χ0n) is 16.1. The monoisotopic (exact) mass is 416 g/mol. The smallest absolute Gasteiger partial charge is 0.387 e. The second-order valence-electron chi connectivity index (χ2n) is 6.38. The van der Waals surface area contributed by atoms with Crippen molar-refractivity contribution in [1.29, 1.82) is 0 Å². The Morgan fingerprint density at radius 2 is 2.03 bits per heavy atom. The lowest BCUT2D eigenvalue weighted by Gasteiger charge is -2.35. The highest BCUT2D eigenvalue weighted by molar-refractivity contribution is 5.96. The standard InChI is InChI=1S/C18H22F2N2O7/c1-3-11-6-4-5-7-21(11)16(23)10-28-17(24)12-8-14(27-2)15(29-18(19)20)9-13(12)22(25)26/h8-9,11,18H,3-7,10H2,1-2H3. The number of piperidine rings is 1. The van der Waals surface area contributed by atoms with Crippen LogP contribution in [0.2, 0.25) is 0 Å². The number of nitro benzene ring substituents is 1. The van der Waals surface area contributed by atoms with Gasteiger partial charge in [-0.2, -0.15) is 8.78 Å². The molecule has 0 saturated carbocycles. The van der Waals surface area contributed by atoms with Crippen LogP contribution in [-0.4, -0.2) is 54.6 Å². The molecule has 1 atom stereocenters. The zero-order valence-corrected chi connectivity index (χ0v) is 16.1. The van der Waals surface area contributed by atoms with Crippen molar-refractivity contribution in [3.05, 3.63) is 27.8 Å². The van der Waals surface area contributed by atoms with Gasteiger partial charge in [-0.05, 0) is 25.7 Å². The van der Waals surface area contributed by atoms with Gasteiger partial charge in [0.25, 0.3) is 11.6 Å². The molecule has 1 aliphatic rings. The lowest BCUT2D eigenvalue weighted by atomic mass is 10.00. The van der Waals surface area contributed by atoms with Crippen LogP contribution in [0.1, 0.15) is 43.0 Å². The van der Waals surface area contributed by atoms with Gasteiger partial charge in [-0.25, -0.2) is 4.79 Å². The molecule has 1 unspecified atom stereocenters. The fraction of sp³-hybridized carbons (Fsp3) is 0.556. The van der Waals surface area contributed by atoms with Gasteiger partial charge >= 0.3 is 12.6 Å². The Hall–Kier alpha value is -2.98. The summed E-state index contributed by atoms with van der Waals surface area (Å²) in [5.41, 5.74) is -1.34. The van der Waals surface area contributed by atoms with Crippen molar-refractivity contribution < 1.29 is 37.5 Å². The summed E-state index contributed by atoms with van der Waals surface area (Å²) in [5.74, 6) is -2.44. The molecular weight excluding hydrogens is 394 g/mol. The minimum absolute atomic E-state index is 0.0650. The number of hydrogen-bond donors (Lipinski definition) is 0. The van der Waals surface area contributed by atoms with Crippen LogP contribution in [0.5, 0.6) is 11.5 Å². The number of rotatable bonds is 8. The van der Waals surface area contributed by atoms with Gasteiger partial charge in [0, 0.05) is 18.7 Å². The number of carbonyl (C=O) groups is 2. The molecule has 1 aromatic carbocycles. The van der Waals surface area contributed by atoms with Gasteiger partial charge in [0.1, 0.15) is 5.56 Å². The maximum Gasteiger partial charge on any atom is 0.387 e. The number of hydrogen-bond acceptors (Lipinski definition) is 7. The van der Waals surface area contributed by atoms with E-state index < -0.39 is 47.0 Å². The van der Waals surface area contributed by atoms with E-state index >= 15 is 0 Å². The Morgan fingerprint density at radius 1 is 1.31 bits per heavy atom. The van der Waals surface area contributed by atoms with Crippen molar-refractivity contribution in [1.82, 2.24) is 4.90 Å². The fourth-order valence-corrected chi connectivity index (χ4v) is 3.25. The first-order valence-electron chi connectivity index (χ1n) is 9.06. The highest BCUT2D eigenvalue weighted by Crippen LogP contribution is 2.36. The van der Waals surface area contributed by atoms with Crippen molar-refractivity contribution >= 4 is 17.6 Å². The van der Waals surface area contributed by atoms with E-state index in [1.807, 2.05) is 6.92 Å². The molecule has 0 N–H and O–H groups in total. The van der Waals surface area contributed by atoms with Crippen molar-refractivity contribution in [3.8, 4) is 11.5 Å². The molecule has 0 radical (unpaired) electrons. The molecule has 0 bridgehead atoms. The van der Waals surface area contributed by atoms with Crippen molar-refractivity contribution in [3.63, 3.8) is 0 Å². The van der Waals surface area contributed by atoms with Crippen molar-refractivity contribution in [2.45, 2.75) is 45.3 Å². The molecule has 2 rings (SSSR count). The number of carbonyl (C=O) groups excluding carboxylic acids is 2. The topological polar surface area (TPSA) is 108 Å². The number of nitro groups is 1. The Morgan fingerprint density at radius 3 is 2.62 bits per heavy atom. The number of benzene rings is 1. The van der Waals surface area contributed by atoms with E-state index in [1.54, 1.807) is 4.90 Å². The van der Waals surface area contributed by atoms with Gasteiger partial charge in [-0.1, -0.05) is 6.92 Å². The molecule has 9 nitrogen and oxygen atoms in total. The number of methoxy groups -OCH3 is 1. The molecule has 1 aromatic rings. The molecule has 29 heavy (non-hydrogen) atoms. The summed E-state index contributed by atoms with van der Waals surface area (Å²) in [4.78, 5) is 36.8. The van der Waals surface area contributed by atoms with Crippen LogP contribution < -0.4 is 9.47 Å². The SMILES string of the molecule is CCC1CCCCN1C(=O)COC(=O)c1cc(OC)c(OC(F)F)cc1[N+](=O)[O-]. The fourth-order valence-electron chi connectivity index (χ4n) is 3.25. The molecule has 1 amide bonds. The Labute approximate surface area is 165 Å². The summed E-state index contributed by atoms with van der Waals surface area (Å²) in [7, 11) is 1.12. The molecule has 1 fully saturated rings. The number of amides is 1. The Kier molecular flexibility index (Phi) is 7.68. The van der Waals surface area contributed by atoms with E-state index in [0.717, 1.165) is 38.9 Å². The summed E-state index contributed by atoms with van der Waals surface area (Å²) < 4.78 is 39.0. The predicted octanol–water partition coefficient (Wildman–Crippen LogP) is 3.15. The van der Waals surface area contributed by atoms with Crippen LogP contribution in [0.4, 0.5) is 14.5 Å². The van der Waals surface area contributed by atoms with Gasteiger partial charge in [0.15, 0.2) is 18.1 Å². The summed E-state index contributed by atoms with van der Waals surface area (Å²) in [6.45, 7) is -1.30. The highest BCUT2D eigenvalue weighted by Gasteiger charge is 2.29. The first-order valence-corrected chi connectivity index (χ1v) is 9.06. The lowest BCUT2D eigenvalue weighted by Crippen LogP contribution is -2.45. The second-order valence-corrected chi connectivity index (χ2v) is 6.38. The summed E-state index contributed by atoms with van der Waals surface area (Å²) in [5, 5.41) is 11.3. The van der Waals surface area contributed by atoms with Gasteiger partial charge in [-0.3, -0.25) is 14.9 Å². The van der Waals surface area contributed by atoms with Crippen molar-refractivity contribution in [2.75, 3.05) is 20.3 Å². The predicted molar refractivity (Wildman–Crippen MR) is 96.2 cm³/mol. The molecule has 1 heterocycles. The van der Waals surface area contributed by atoms with E-state index in [9.17, 15) is 28.5 Å². The van der Waals surface area contributed by atoms with Crippen LogP contribution in [0, 0.1) is 10.1 Å². The average molecular weight is 416 g/mol. The maximum absolute atomic E-state index is 12.5. The molecule has 0 aromatic heterocycles. The van der Waals surface area contributed by atoms with Gasteiger partial charge in [0.05, 0.1) is 18.1 Å². The number of halogens is 2. The molecule has 160 valence electrons. The summed E-state index contributed by atoms with van der Waals surface area (Å²) in [6.07, 6.45) is 3.50. The third-order valence-electron chi connectivity index (χ3n) is 4.66. The maximum atomic E-state index is 12.5. The summed E-state index contributed by atoms with van der Waals surface area (Å²) >= 11 is 0. The molecule has 1 saturated heterocycles. The van der Waals surface area contributed by atoms with E-state index in [0.29, 0.717) is 12.6 Å². The van der Waals surface area contributed by atoms with Gasteiger partial charge in [-0.15, -0.1) is 0 Å². The molecule has 1 aliphatic heterocycles. The van der Waals surface area contributed by atoms with Crippen LogP contribution >= 0.6 is 0 Å². The zero-order chi connectivity index (χ0) is 21.6. The van der Waals surface area contributed by atoms with Crippen molar-refractivity contribution in [2.24, 2.45) is 0 Å². The molecule has 0 spiro atoms. The third-order valence-corrected chi connectivity index (χ3v) is 4.66. The highest BCUT2D eigenvalue weighted by atomic mass is 19.3. The minimum atomic E-state index is -3.24. The number of esters is 1. The van der Waals surface area contributed by atoms with Crippen LogP contribution in [0.25, 0.3) is 0 Å².